The Labute approximate surface area is 198 Å². The molecular formula is C26H22F4O5. The van der Waals surface area contributed by atoms with Crippen LogP contribution in [0.1, 0.15) is 35.6 Å². The van der Waals surface area contributed by atoms with E-state index in [2.05, 4.69) is 4.74 Å². The highest BCUT2D eigenvalue weighted by Gasteiger charge is 2.33. The van der Waals surface area contributed by atoms with E-state index in [4.69, 9.17) is 14.6 Å². The number of alkyl halides is 3. The van der Waals surface area contributed by atoms with Crippen LogP contribution in [0.15, 0.2) is 54.6 Å². The number of rotatable bonds is 7. The fourth-order valence-electron chi connectivity index (χ4n) is 4.06. The number of hydrogen-bond donors (Lipinski definition) is 1. The molecule has 35 heavy (non-hydrogen) atoms. The molecule has 1 heterocycles. The van der Waals surface area contributed by atoms with Gasteiger partial charge in [-0.15, -0.1) is 13.2 Å². The summed E-state index contributed by atoms with van der Waals surface area (Å²) >= 11 is 0. The molecule has 0 saturated carbocycles. The zero-order chi connectivity index (χ0) is 25.2. The van der Waals surface area contributed by atoms with Crippen molar-refractivity contribution in [3.63, 3.8) is 0 Å². The van der Waals surface area contributed by atoms with Crippen LogP contribution in [0.3, 0.4) is 0 Å². The smallest absolute Gasteiger partial charge is 0.497 e. The normalized spacial score (nSPS) is 15.2. The molecule has 0 spiro atoms. The Morgan fingerprint density at radius 1 is 1.09 bits per heavy atom. The highest BCUT2D eigenvalue weighted by atomic mass is 19.4. The number of halogens is 4. The van der Waals surface area contributed by atoms with Crippen LogP contribution < -0.4 is 14.2 Å². The average molecular weight is 490 g/mol. The van der Waals surface area contributed by atoms with Crippen LogP contribution in [0.5, 0.6) is 17.2 Å². The van der Waals surface area contributed by atoms with E-state index < -0.39 is 30.0 Å². The van der Waals surface area contributed by atoms with Crippen LogP contribution in [0.25, 0.3) is 11.1 Å². The summed E-state index contributed by atoms with van der Waals surface area (Å²) in [5.74, 6) is -1.33. The van der Waals surface area contributed by atoms with Crippen molar-refractivity contribution in [2.24, 2.45) is 0 Å². The topological polar surface area (TPSA) is 65.0 Å². The van der Waals surface area contributed by atoms with Gasteiger partial charge < -0.3 is 19.3 Å². The van der Waals surface area contributed by atoms with Gasteiger partial charge in [0.15, 0.2) is 0 Å². The van der Waals surface area contributed by atoms with Crippen LogP contribution in [-0.2, 0) is 17.6 Å². The molecule has 1 unspecified atom stereocenters. The average Bonchev–Trinajstić information content (AvgIpc) is 2.81. The zero-order valence-corrected chi connectivity index (χ0v) is 18.7. The number of aryl methyl sites for hydroxylation is 2. The van der Waals surface area contributed by atoms with E-state index in [1.807, 2.05) is 12.1 Å². The Morgan fingerprint density at radius 2 is 1.89 bits per heavy atom. The lowest BCUT2D eigenvalue weighted by atomic mass is 9.94. The molecule has 1 N–H and O–H groups in total. The van der Waals surface area contributed by atoms with Crippen molar-refractivity contribution in [3.05, 3.63) is 77.1 Å². The number of fused-ring (bicyclic) bond motifs is 1. The van der Waals surface area contributed by atoms with Crippen LogP contribution in [0.4, 0.5) is 17.6 Å². The number of carbonyl (C=O) groups is 1. The molecule has 9 heteroatoms. The van der Waals surface area contributed by atoms with E-state index in [1.54, 1.807) is 12.1 Å². The standard InChI is InChI=1S/C26H22F4O5/c1-33-18-7-9-21(27)20(14-18)19-8-5-17(13-24(19)35-26(28,29)30)22-10-6-16-4-2-15(3-11-25(31)32)12-23(16)34-22/h2,4-5,7-9,12-14,22H,3,6,10-11H2,1H3,(H,31,32). The van der Waals surface area contributed by atoms with Gasteiger partial charge in [0.1, 0.15) is 29.2 Å². The summed E-state index contributed by atoms with van der Waals surface area (Å²) in [4.78, 5) is 10.9. The second-order valence-corrected chi connectivity index (χ2v) is 8.13. The molecule has 0 radical (unpaired) electrons. The summed E-state index contributed by atoms with van der Waals surface area (Å²) < 4.78 is 69.6. The molecule has 0 amide bonds. The van der Waals surface area contributed by atoms with E-state index in [1.165, 1.54) is 31.4 Å². The molecule has 0 bridgehead atoms. The van der Waals surface area contributed by atoms with Gasteiger partial charge >= 0.3 is 12.3 Å². The Kier molecular flexibility index (Phi) is 6.86. The number of carboxylic acids is 1. The quantitative estimate of drug-likeness (QED) is 0.384. The highest BCUT2D eigenvalue weighted by molar-refractivity contribution is 5.73. The van der Waals surface area contributed by atoms with Gasteiger partial charge in [-0.1, -0.05) is 24.3 Å². The Bertz CT molecular complexity index is 1240. The highest BCUT2D eigenvalue weighted by Crippen LogP contribution is 2.41. The summed E-state index contributed by atoms with van der Waals surface area (Å²) in [6, 6.07) is 13.4. The largest absolute Gasteiger partial charge is 0.573 e. The lowest BCUT2D eigenvalue weighted by Crippen LogP contribution is -2.19. The predicted molar refractivity (Wildman–Crippen MR) is 119 cm³/mol. The first-order valence-electron chi connectivity index (χ1n) is 10.9. The molecule has 3 aromatic rings. The van der Waals surface area contributed by atoms with Crippen molar-refractivity contribution in [1.29, 1.82) is 0 Å². The van der Waals surface area contributed by atoms with E-state index in [9.17, 15) is 22.4 Å². The van der Waals surface area contributed by atoms with Crippen molar-refractivity contribution in [2.45, 2.75) is 38.1 Å². The van der Waals surface area contributed by atoms with Crippen LogP contribution >= 0.6 is 0 Å². The number of carboxylic acid groups (broad SMARTS) is 1. The van der Waals surface area contributed by atoms with Crippen LogP contribution in [0, 0.1) is 5.82 Å². The molecule has 0 aliphatic carbocycles. The summed E-state index contributed by atoms with van der Waals surface area (Å²) in [7, 11) is 1.37. The third-order valence-electron chi connectivity index (χ3n) is 5.77. The summed E-state index contributed by atoms with van der Waals surface area (Å²) in [5.41, 5.74) is 2.00. The van der Waals surface area contributed by atoms with Gasteiger partial charge in [0.25, 0.3) is 0 Å². The van der Waals surface area contributed by atoms with E-state index >= 15 is 0 Å². The van der Waals surface area contributed by atoms with Gasteiger partial charge in [-0.05, 0) is 66.3 Å². The number of hydrogen-bond acceptors (Lipinski definition) is 4. The minimum atomic E-state index is -4.98. The monoisotopic (exact) mass is 490 g/mol. The first kappa shape index (κ1) is 24.4. The van der Waals surface area contributed by atoms with Crippen molar-refractivity contribution in [2.75, 3.05) is 7.11 Å². The minimum Gasteiger partial charge on any atom is -0.497 e. The molecule has 1 atom stereocenters. The summed E-state index contributed by atoms with van der Waals surface area (Å²) in [5, 5.41) is 8.91. The minimum absolute atomic E-state index is 0.0251. The maximum atomic E-state index is 14.5. The lowest BCUT2D eigenvalue weighted by Gasteiger charge is -2.27. The van der Waals surface area contributed by atoms with Gasteiger partial charge in [0.2, 0.25) is 0 Å². The molecule has 5 nitrogen and oxygen atoms in total. The molecule has 0 aromatic heterocycles. The van der Waals surface area contributed by atoms with Gasteiger partial charge in [0, 0.05) is 17.5 Å². The molecule has 1 aliphatic heterocycles. The van der Waals surface area contributed by atoms with E-state index in [-0.39, 0.29) is 23.3 Å². The fraction of sp³-hybridized carbons (Fsp3) is 0.269. The van der Waals surface area contributed by atoms with Crippen LogP contribution in [0.2, 0.25) is 0 Å². The van der Waals surface area contributed by atoms with Gasteiger partial charge in [-0.2, -0.15) is 0 Å². The number of ether oxygens (including phenoxy) is 3. The first-order chi connectivity index (χ1) is 16.6. The molecule has 0 fully saturated rings. The van der Waals surface area contributed by atoms with Gasteiger partial charge in [-0.25, -0.2) is 4.39 Å². The molecule has 4 rings (SSSR count). The van der Waals surface area contributed by atoms with Crippen molar-refractivity contribution in [1.82, 2.24) is 0 Å². The van der Waals surface area contributed by atoms with Crippen molar-refractivity contribution >= 4 is 5.97 Å². The second kappa shape index (κ2) is 9.85. The molecule has 0 saturated heterocycles. The van der Waals surface area contributed by atoms with Crippen molar-refractivity contribution in [3.8, 4) is 28.4 Å². The fourth-order valence-corrected chi connectivity index (χ4v) is 4.06. The van der Waals surface area contributed by atoms with E-state index in [0.29, 0.717) is 30.6 Å². The van der Waals surface area contributed by atoms with E-state index in [0.717, 1.165) is 17.2 Å². The Morgan fingerprint density at radius 3 is 2.60 bits per heavy atom. The molecular weight excluding hydrogens is 468 g/mol. The molecule has 1 aliphatic rings. The van der Waals surface area contributed by atoms with Gasteiger partial charge in [0.05, 0.1) is 7.11 Å². The maximum Gasteiger partial charge on any atom is 0.573 e. The SMILES string of the molecule is COc1ccc(F)c(-c2ccc(C3CCc4ccc(CCC(=O)O)cc4O3)cc2OC(F)(F)F)c1. The summed E-state index contributed by atoms with van der Waals surface area (Å²) in [6.45, 7) is 0. The van der Waals surface area contributed by atoms with Crippen LogP contribution in [-0.4, -0.2) is 24.5 Å². The Balaban J connectivity index is 1.67. The second-order valence-electron chi connectivity index (χ2n) is 8.13. The number of aliphatic carboxylic acids is 1. The number of methoxy groups -OCH3 is 1. The maximum absolute atomic E-state index is 14.5. The van der Waals surface area contributed by atoms with Gasteiger partial charge in [-0.3, -0.25) is 4.79 Å². The number of benzene rings is 3. The summed E-state index contributed by atoms with van der Waals surface area (Å²) in [6.07, 6.45) is -4.09. The predicted octanol–water partition coefficient (Wildman–Crippen LogP) is 6.48. The Hall–Kier alpha value is -3.75. The third kappa shape index (κ3) is 5.85. The molecule has 184 valence electrons. The third-order valence-corrected chi connectivity index (χ3v) is 5.77. The first-order valence-corrected chi connectivity index (χ1v) is 10.9. The molecule has 3 aromatic carbocycles. The van der Waals surface area contributed by atoms with Crippen molar-refractivity contribution < 1.29 is 41.7 Å². The lowest BCUT2D eigenvalue weighted by molar-refractivity contribution is -0.274. The zero-order valence-electron chi connectivity index (χ0n) is 18.7.